The number of halogens is 4. The Morgan fingerprint density at radius 1 is 0.347 bits per heavy atom. The molecule has 4 aromatic rings. The summed E-state index contributed by atoms with van der Waals surface area (Å²) < 4.78 is 3.40. The zero-order valence-corrected chi connectivity index (χ0v) is 33.6. The first-order chi connectivity index (χ1) is 22.4. The van der Waals surface area contributed by atoms with Crippen molar-refractivity contribution in [2.75, 3.05) is 0 Å². The van der Waals surface area contributed by atoms with Gasteiger partial charge in [-0.25, -0.2) is 19.2 Å². The molecule has 260 valence electrons. The molecular weight excluding hydrogens is 987 g/mol. The second-order valence-corrected chi connectivity index (χ2v) is 12.8. The predicted molar refractivity (Wildman–Crippen MR) is 187 cm³/mol. The smallest absolute Gasteiger partial charge is 0.337 e. The van der Waals surface area contributed by atoms with Crippen molar-refractivity contribution in [2.45, 2.75) is 24.4 Å². The molecule has 4 unspecified atom stereocenters. The van der Waals surface area contributed by atoms with Crippen molar-refractivity contribution in [1.29, 1.82) is 0 Å². The third kappa shape index (κ3) is 17.8. The van der Waals surface area contributed by atoms with Gasteiger partial charge in [0.25, 0.3) is 0 Å². The minimum atomic E-state index is -1.43. The van der Waals surface area contributed by atoms with Gasteiger partial charge >= 0.3 is 23.9 Å². The standard InChI is InChI=1S/4C8H7BrO3.Zr/c4*9-6-3-1-5(2-4-6)7(10)8(11)12;/h4*1-4,7,10H,(H,11,12);. The van der Waals surface area contributed by atoms with Crippen molar-refractivity contribution in [3.05, 3.63) is 137 Å². The normalized spacial score (nSPS) is 12.2. The van der Waals surface area contributed by atoms with Crippen LogP contribution in [0.3, 0.4) is 0 Å². The Morgan fingerprint density at radius 3 is 0.571 bits per heavy atom. The molecule has 4 aromatic carbocycles. The van der Waals surface area contributed by atoms with E-state index in [1.807, 2.05) is 0 Å². The molecule has 0 spiro atoms. The topological polar surface area (TPSA) is 230 Å². The van der Waals surface area contributed by atoms with E-state index >= 15 is 0 Å². The van der Waals surface area contributed by atoms with Crippen LogP contribution in [0.1, 0.15) is 46.7 Å². The molecule has 4 atom stereocenters. The van der Waals surface area contributed by atoms with E-state index in [2.05, 4.69) is 63.7 Å². The van der Waals surface area contributed by atoms with Gasteiger partial charge in [0, 0.05) is 44.1 Å². The summed E-state index contributed by atoms with van der Waals surface area (Å²) in [5.41, 5.74) is 1.52. The molecule has 12 nitrogen and oxygen atoms in total. The fraction of sp³-hybridized carbons (Fsp3) is 0.125. The van der Waals surface area contributed by atoms with Crippen LogP contribution in [0.4, 0.5) is 0 Å². The number of aliphatic hydroxyl groups is 4. The zero-order chi connectivity index (χ0) is 36.6. The van der Waals surface area contributed by atoms with Crippen LogP contribution in [-0.2, 0) is 45.4 Å². The summed E-state index contributed by atoms with van der Waals surface area (Å²) in [6, 6.07) is 25.9. The third-order valence-corrected chi connectivity index (χ3v) is 7.79. The van der Waals surface area contributed by atoms with Crippen molar-refractivity contribution in [3.8, 4) is 0 Å². The Hall–Kier alpha value is -2.60. The van der Waals surface area contributed by atoms with Gasteiger partial charge in [-0.2, -0.15) is 0 Å². The van der Waals surface area contributed by atoms with Crippen molar-refractivity contribution in [2.24, 2.45) is 0 Å². The van der Waals surface area contributed by atoms with Crippen LogP contribution in [-0.4, -0.2) is 64.7 Å². The van der Waals surface area contributed by atoms with Gasteiger partial charge in [0.15, 0.2) is 24.4 Å². The maximum atomic E-state index is 10.3. The van der Waals surface area contributed by atoms with Gasteiger partial charge in [0.05, 0.1) is 0 Å². The molecule has 0 aliphatic rings. The van der Waals surface area contributed by atoms with Crippen molar-refractivity contribution in [3.63, 3.8) is 0 Å². The van der Waals surface area contributed by atoms with E-state index in [0.29, 0.717) is 22.3 Å². The predicted octanol–water partition coefficient (Wildman–Crippen LogP) is 6.27. The maximum Gasteiger partial charge on any atom is 0.337 e. The summed E-state index contributed by atoms with van der Waals surface area (Å²) in [6.07, 6.45) is -5.73. The SMILES string of the molecule is O=C(O)C(O)c1ccc(Br)cc1.O=C(O)C(O)c1ccc(Br)cc1.O=C(O)C(O)c1ccc(Br)cc1.O=C(O)C(O)c1ccc(Br)cc1.[Zr]. The number of rotatable bonds is 8. The molecule has 4 rings (SSSR count). The van der Waals surface area contributed by atoms with Gasteiger partial charge in [0.2, 0.25) is 0 Å². The van der Waals surface area contributed by atoms with Crippen LogP contribution >= 0.6 is 63.7 Å². The Bertz CT molecular complexity index is 1380. The Morgan fingerprint density at radius 2 is 0.469 bits per heavy atom. The average molecular weight is 1020 g/mol. The summed E-state index contributed by atoms with van der Waals surface area (Å²) in [6.45, 7) is 0. The van der Waals surface area contributed by atoms with Crippen LogP contribution in [0, 0.1) is 0 Å². The Labute approximate surface area is 332 Å². The fourth-order valence-electron chi connectivity index (χ4n) is 3.15. The molecule has 17 heteroatoms. The first kappa shape index (κ1) is 46.4. The molecule has 0 fully saturated rings. The van der Waals surface area contributed by atoms with Gasteiger partial charge in [-0.15, -0.1) is 0 Å². The number of aliphatic hydroxyl groups excluding tert-OH is 4. The molecule has 0 bridgehead atoms. The summed E-state index contributed by atoms with van der Waals surface area (Å²) in [4.78, 5) is 41.3. The van der Waals surface area contributed by atoms with E-state index in [4.69, 9.17) is 40.9 Å². The van der Waals surface area contributed by atoms with Gasteiger partial charge < -0.3 is 40.9 Å². The number of aliphatic carboxylic acids is 4. The molecule has 0 amide bonds. The van der Waals surface area contributed by atoms with Crippen LogP contribution in [0.2, 0.25) is 0 Å². The molecule has 49 heavy (non-hydrogen) atoms. The van der Waals surface area contributed by atoms with E-state index in [0.717, 1.165) is 17.9 Å². The maximum absolute atomic E-state index is 10.3. The number of hydrogen-bond acceptors (Lipinski definition) is 8. The third-order valence-electron chi connectivity index (χ3n) is 5.68. The monoisotopic (exact) mass is 1010 g/mol. The molecule has 0 aliphatic carbocycles. The number of benzene rings is 4. The minimum Gasteiger partial charge on any atom is -0.479 e. The van der Waals surface area contributed by atoms with Crippen LogP contribution in [0.5, 0.6) is 0 Å². The number of carboxylic acid groups (broad SMARTS) is 4. The van der Waals surface area contributed by atoms with Gasteiger partial charge in [0.1, 0.15) is 0 Å². The molecule has 0 aliphatic heterocycles. The second kappa shape index (κ2) is 23.7. The molecule has 0 radical (unpaired) electrons. The second-order valence-electron chi connectivity index (χ2n) is 9.17. The Kier molecular flexibility index (Phi) is 22.5. The largest absolute Gasteiger partial charge is 0.479 e. The molecule has 0 saturated carbocycles. The molecule has 0 saturated heterocycles. The van der Waals surface area contributed by atoms with Crippen molar-refractivity contribution in [1.82, 2.24) is 0 Å². The number of carbonyl (C=O) groups is 4. The van der Waals surface area contributed by atoms with E-state index < -0.39 is 48.3 Å². The fourth-order valence-corrected chi connectivity index (χ4v) is 4.21. The van der Waals surface area contributed by atoms with E-state index in [1.165, 1.54) is 0 Å². The minimum absolute atomic E-state index is 0. The summed E-state index contributed by atoms with van der Waals surface area (Å²) >= 11 is 12.8. The summed E-state index contributed by atoms with van der Waals surface area (Å²) in [7, 11) is 0. The molecule has 8 N–H and O–H groups in total. The summed E-state index contributed by atoms with van der Waals surface area (Å²) in [5, 5.41) is 70.1. The van der Waals surface area contributed by atoms with Gasteiger partial charge in [-0.05, 0) is 70.8 Å². The van der Waals surface area contributed by atoms with Crippen LogP contribution in [0.25, 0.3) is 0 Å². The Balaban J connectivity index is 0.000000623. The molecule has 0 aromatic heterocycles. The zero-order valence-electron chi connectivity index (χ0n) is 24.8. The van der Waals surface area contributed by atoms with Gasteiger partial charge in [-0.3, -0.25) is 0 Å². The van der Waals surface area contributed by atoms with Crippen LogP contribution in [0.15, 0.2) is 115 Å². The van der Waals surface area contributed by atoms with E-state index in [9.17, 15) is 19.2 Å². The average Bonchev–Trinajstić information content (AvgIpc) is 3.05. The molecular formula is C32H28Br4O12Zr. The molecule has 0 heterocycles. The first-order valence-electron chi connectivity index (χ1n) is 13.1. The van der Waals surface area contributed by atoms with Gasteiger partial charge in [-0.1, -0.05) is 112 Å². The first-order valence-corrected chi connectivity index (χ1v) is 16.3. The van der Waals surface area contributed by atoms with E-state index in [-0.39, 0.29) is 26.2 Å². The summed E-state index contributed by atoms with van der Waals surface area (Å²) in [5.74, 6) is -4.95. The number of hydrogen-bond donors (Lipinski definition) is 8. The van der Waals surface area contributed by atoms with Crippen molar-refractivity contribution < 1.29 is 86.2 Å². The number of carboxylic acids is 4. The van der Waals surface area contributed by atoms with E-state index in [1.54, 1.807) is 97.1 Å². The van der Waals surface area contributed by atoms with Crippen LogP contribution < -0.4 is 0 Å². The quantitative estimate of drug-likeness (QED) is 0.0978. The van der Waals surface area contributed by atoms with Crippen molar-refractivity contribution >= 4 is 87.6 Å².